The molecule has 0 saturated carbocycles. The zero-order chi connectivity index (χ0) is 23.4. The number of amides is 2. The molecule has 0 aliphatic heterocycles. The fourth-order valence-corrected chi connectivity index (χ4v) is 4.12. The number of ether oxygens (including phenoxy) is 1. The van der Waals surface area contributed by atoms with Crippen molar-refractivity contribution in [1.82, 2.24) is 10.2 Å². The second kappa shape index (κ2) is 9.85. The SMILES string of the molecule is CC(C)C(NC(=O)OCC1c2ccccc2-c2ccccc21)C(=O)N(CC(=O)O)C(C)C. The summed E-state index contributed by atoms with van der Waals surface area (Å²) in [6.07, 6.45) is -0.696. The van der Waals surface area contributed by atoms with Crippen LogP contribution < -0.4 is 5.32 Å². The van der Waals surface area contributed by atoms with E-state index in [2.05, 4.69) is 17.4 Å². The van der Waals surface area contributed by atoms with Crippen LogP contribution in [0.3, 0.4) is 0 Å². The summed E-state index contributed by atoms with van der Waals surface area (Å²) in [4.78, 5) is 38.0. The standard InChI is InChI=1S/C25H30N2O5/c1-15(2)23(24(30)27(16(3)4)13-22(28)29)26-25(31)32-14-21-19-11-7-5-9-17(19)18-10-6-8-12-20(18)21/h5-12,15-16,21,23H,13-14H2,1-4H3,(H,26,31)(H,28,29). The lowest BCUT2D eigenvalue weighted by molar-refractivity contribution is -0.147. The third-order valence-electron chi connectivity index (χ3n) is 5.76. The summed E-state index contributed by atoms with van der Waals surface area (Å²) in [5.74, 6) is -1.86. The zero-order valence-electron chi connectivity index (χ0n) is 18.9. The van der Waals surface area contributed by atoms with Gasteiger partial charge in [-0.15, -0.1) is 0 Å². The summed E-state index contributed by atoms with van der Waals surface area (Å²) in [5, 5.41) is 11.8. The predicted molar refractivity (Wildman–Crippen MR) is 121 cm³/mol. The molecule has 0 bridgehead atoms. The molecule has 2 amide bonds. The van der Waals surface area contributed by atoms with Gasteiger partial charge < -0.3 is 20.1 Å². The Morgan fingerprint density at radius 1 is 0.969 bits per heavy atom. The number of carboxylic acids is 1. The Morgan fingerprint density at radius 2 is 1.50 bits per heavy atom. The van der Waals surface area contributed by atoms with Gasteiger partial charge in [0.25, 0.3) is 0 Å². The van der Waals surface area contributed by atoms with Crippen LogP contribution in [0, 0.1) is 5.92 Å². The molecule has 32 heavy (non-hydrogen) atoms. The van der Waals surface area contributed by atoms with Gasteiger partial charge in [-0.05, 0) is 42.0 Å². The number of benzene rings is 2. The van der Waals surface area contributed by atoms with Gasteiger partial charge >= 0.3 is 12.1 Å². The van der Waals surface area contributed by atoms with E-state index in [9.17, 15) is 14.4 Å². The molecular weight excluding hydrogens is 408 g/mol. The molecule has 170 valence electrons. The second-order valence-corrected chi connectivity index (χ2v) is 8.65. The van der Waals surface area contributed by atoms with Gasteiger partial charge in [-0.25, -0.2) is 4.79 Å². The number of carbonyl (C=O) groups is 3. The minimum atomic E-state index is -1.10. The molecule has 0 saturated heterocycles. The first-order valence-electron chi connectivity index (χ1n) is 10.8. The van der Waals surface area contributed by atoms with E-state index in [1.54, 1.807) is 27.7 Å². The lowest BCUT2D eigenvalue weighted by atomic mass is 9.98. The van der Waals surface area contributed by atoms with Crippen molar-refractivity contribution in [2.75, 3.05) is 13.2 Å². The summed E-state index contributed by atoms with van der Waals surface area (Å²) >= 11 is 0. The van der Waals surface area contributed by atoms with Gasteiger partial charge in [0, 0.05) is 12.0 Å². The van der Waals surface area contributed by atoms with Gasteiger partial charge in [0.2, 0.25) is 5.91 Å². The summed E-state index contributed by atoms with van der Waals surface area (Å²) in [7, 11) is 0. The number of nitrogens with one attached hydrogen (secondary N) is 1. The van der Waals surface area contributed by atoms with Crippen LogP contribution in [0.4, 0.5) is 4.79 Å². The number of carbonyl (C=O) groups excluding carboxylic acids is 2. The van der Waals surface area contributed by atoms with E-state index >= 15 is 0 Å². The normalized spacial score (nSPS) is 13.4. The van der Waals surface area contributed by atoms with E-state index in [1.807, 2.05) is 36.4 Å². The van der Waals surface area contributed by atoms with Crippen LogP contribution in [0.15, 0.2) is 48.5 Å². The number of aliphatic carboxylic acids is 1. The van der Waals surface area contributed by atoms with Gasteiger partial charge in [0.1, 0.15) is 19.2 Å². The highest BCUT2D eigenvalue weighted by Gasteiger charge is 2.33. The maximum absolute atomic E-state index is 13.0. The molecule has 0 aromatic heterocycles. The van der Waals surface area contributed by atoms with Crippen molar-refractivity contribution in [2.45, 2.75) is 45.7 Å². The van der Waals surface area contributed by atoms with Crippen LogP contribution >= 0.6 is 0 Å². The van der Waals surface area contributed by atoms with E-state index in [0.29, 0.717) is 0 Å². The number of alkyl carbamates (subject to hydrolysis) is 1. The fraction of sp³-hybridized carbons (Fsp3) is 0.400. The average Bonchev–Trinajstić information content (AvgIpc) is 3.07. The molecule has 3 rings (SSSR count). The molecule has 0 heterocycles. The molecule has 1 unspecified atom stereocenters. The summed E-state index contributed by atoms with van der Waals surface area (Å²) in [6, 6.07) is 14.9. The third-order valence-corrected chi connectivity index (χ3v) is 5.76. The van der Waals surface area contributed by atoms with Crippen molar-refractivity contribution < 1.29 is 24.2 Å². The van der Waals surface area contributed by atoms with E-state index in [-0.39, 0.29) is 24.5 Å². The third kappa shape index (κ3) is 4.93. The van der Waals surface area contributed by atoms with Crippen LogP contribution in [0.2, 0.25) is 0 Å². The first-order valence-corrected chi connectivity index (χ1v) is 10.8. The lowest BCUT2D eigenvalue weighted by Gasteiger charge is -2.31. The van der Waals surface area contributed by atoms with Crippen LogP contribution in [0.5, 0.6) is 0 Å². The molecule has 1 aliphatic rings. The maximum atomic E-state index is 13.0. The zero-order valence-corrected chi connectivity index (χ0v) is 18.9. The van der Waals surface area contributed by atoms with Gasteiger partial charge in [0.05, 0.1) is 0 Å². The average molecular weight is 439 g/mol. The van der Waals surface area contributed by atoms with E-state index in [1.165, 1.54) is 4.90 Å². The Hall–Kier alpha value is -3.35. The van der Waals surface area contributed by atoms with Crippen LogP contribution in [0.25, 0.3) is 11.1 Å². The van der Waals surface area contributed by atoms with Crippen LogP contribution in [-0.2, 0) is 14.3 Å². The van der Waals surface area contributed by atoms with Crippen molar-refractivity contribution >= 4 is 18.0 Å². The minimum Gasteiger partial charge on any atom is -0.480 e. The predicted octanol–water partition coefficient (Wildman–Crippen LogP) is 3.87. The number of carboxylic acid groups (broad SMARTS) is 1. The van der Waals surface area contributed by atoms with Crippen molar-refractivity contribution in [3.8, 4) is 11.1 Å². The van der Waals surface area contributed by atoms with Crippen molar-refractivity contribution in [3.63, 3.8) is 0 Å². The highest BCUT2D eigenvalue weighted by Crippen LogP contribution is 2.44. The largest absolute Gasteiger partial charge is 0.480 e. The second-order valence-electron chi connectivity index (χ2n) is 8.65. The molecule has 1 atom stereocenters. The lowest BCUT2D eigenvalue weighted by Crippen LogP contribution is -2.54. The van der Waals surface area contributed by atoms with E-state index < -0.39 is 30.6 Å². The first-order chi connectivity index (χ1) is 15.2. The minimum absolute atomic E-state index is 0.0828. The Morgan fingerprint density at radius 3 is 1.97 bits per heavy atom. The molecule has 0 fully saturated rings. The highest BCUT2D eigenvalue weighted by molar-refractivity contribution is 5.88. The van der Waals surface area contributed by atoms with Crippen molar-refractivity contribution in [2.24, 2.45) is 5.92 Å². The van der Waals surface area contributed by atoms with Gasteiger partial charge in [-0.2, -0.15) is 0 Å². The number of hydrogen-bond donors (Lipinski definition) is 2. The highest BCUT2D eigenvalue weighted by atomic mass is 16.5. The van der Waals surface area contributed by atoms with Crippen LogP contribution in [-0.4, -0.2) is 53.2 Å². The number of fused-ring (bicyclic) bond motifs is 3. The Balaban J connectivity index is 1.70. The van der Waals surface area contributed by atoms with Crippen LogP contribution in [0.1, 0.15) is 44.7 Å². The number of nitrogens with zero attached hydrogens (tertiary/aromatic N) is 1. The molecular formula is C25H30N2O5. The molecule has 7 nitrogen and oxygen atoms in total. The van der Waals surface area contributed by atoms with Gasteiger partial charge in [0.15, 0.2) is 0 Å². The summed E-state index contributed by atoms with van der Waals surface area (Å²) in [6.45, 7) is 6.79. The Labute approximate surface area is 188 Å². The molecule has 2 N–H and O–H groups in total. The topological polar surface area (TPSA) is 95.9 Å². The maximum Gasteiger partial charge on any atom is 0.407 e. The molecule has 2 aromatic carbocycles. The Bertz CT molecular complexity index is 956. The first kappa shape index (κ1) is 23.3. The van der Waals surface area contributed by atoms with E-state index in [4.69, 9.17) is 9.84 Å². The Kier molecular flexibility index (Phi) is 7.18. The molecule has 2 aromatic rings. The van der Waals surface area contributed by atoms with Gasteiger partial charge in [-0.1, -0.05) is 62.4 Å². The number of rotatable bonds is 8. The molecule has 0 spiro atoms. The number of hydrogen-bond acceptors (Lipinski definition) is 4. The van der Waals surface area contributed by atoms with Gasteiger partial charge in [-0.3, -0.25) is 9.59 Å². The molecule has 7 heteroatoms. The monoisotopic (exact) mass is 438 g/mol. The van der Waals surface area contributed by atoms with Crippen molar-refractivity contribution in [1.29, 1.82) is 0 Å². The summed E-state index contributed by atoms with van der Waals surface area (Å²) < 4.78 is 5.55. The molecule has 0 radical (unpaired) electrons. The summed E-state index contributed by atoms with van der Waals surface area (Å²) in [5.41, 5.74) is 4.47. The smallest absolute Gasteiger partial charge is 0.407 e. The molecule has 1 aliphatic carbocycles. The quantitative estimate of drug-likeness (QED) is 0.652. The van der Waals surface area contributed by atoms with Crippen molar-refractivity contribution in [3.05, 3.63) is 59.7 Å². The van der Waals surface area contributed by atoms with E-state index in [0.717, 1.165) is 22.3 Å². The fourth-order valence-electron chi connectivity index (χ4n) is 4.12.